The highest BCUT2D eigenvalue weighted by molar-refractivity contribution is 5.67. The van der Waals surface area contributed by atoms with Crippen LogP contribution in [-0.4, -0.2) is 22.2 Å². The maximum atomic E-state index is 10.3. The first-order valence-electron chi connectivity index (χ1n) is 5.03. The molecule has 0 aromatic heterocycles. The van der Waals surface area contributed by atoms with E-state index in [0.717, 1.165) is 19.3 Å². The quantitative estimate of drug-likeness (QED) is 0.614. The van der Waals surface area contributed by atoms with Crippen LogP contribution in [0, 0.1) is 11.8 Å². The maximum absolute atomic E-state index is 10.3. The van der Waals surface area contributed by atoms with E-state index in [1.165, 1.54) is 0 Å². The molecule has 0 amide bonds. The number of carbonyl (C=O) groups is 2. The summed E-state index contributed by atoms with van der Waals surface area (Å²) in [7, 11) is 0. The Morgan fingerprint density at radius 1 is 1.07 bits per heavy atom. The number of aliphatic carboxylic acids is 2. The lowest BCUT2D eigenvalue weighted by Crippen LogP contribution is -1.97. The highest BCUT2D eigenvalue weighted by atomic mass is 16.4. The lowest BCUT2D eigenvalue weighted by molar-refractivity contribution is -0.138. The van der Waals surface area contributed by atoms with Crippen molar-refractivity contribution in [2.24, 2.45) is 11.8 Å². The molecule has 0 saturated heterocycles. The van der Waals surface area contributed by atoms with Gasteiger partial charge in [0.15, 0.2) is 0 Å². The monoisotopic (exact) mass is 200 g/mol. The molecule has 0 heterocycles. The van der Waals surface area contributed by atoms with E-state index >= 15 is 0 Å². The van der Waals surface area contributed by atoms with Gasteiger partial charge in [0.2, 0.25) is 0 Å². The van der Waals surface area contributed by atoms with Crippen molar-refractivity contribution in [2.45, 2.75) is 38.5 Å². The Bertz CT molecular complexity index is 224. The van der Waals surface area contributed by atoms with Gasteiger partial charge < -0.3 is 10.2 Å². The van der Waals surface area contributed by atoms with E-state index in [9.17, 15) is 9.59 Å². The first-order chi connectivity index (χ1) is 6.59. The maximum Gasteiger partial charge on any atom is 0.303 e. The summed E-state index contributed by atoms with van der Waals surface area (Å²) >= 11 is 0. The van der Waals surface area contributed by atoms with Gasteiger partial charge in [-0.1, -0.05) is 12.8 Å². The van der Waals surface area contributed by atoms with Crippen LogP contribution < -0.4 is 0 Å². The number of rotatable bonds is 7. The molecule has 14 heavy (non-hydrogen) atoms. The van der Waals surface area contributed by atoms with E-state index in [4.69, 9.17) is 10.2 Å². The summed E-state index contributed by atoms with van der Waals surface area (Å²) in [6.07, 6.45) is 4.14. The van der Waals surface area contributed by atoms with E-state index in [0.29, 0.717) is 18.3 Å². The Morgan fingerprint density at radius 3 is 2.36 bits per heavy atom. The molecule has 80 valence electrons. The highest BCUT2D eigenvalue weighted by Gasteiger charge is 2.37. The Labute approximate surface area is 82.9 Å². The van der Waals surface area contributed by atoms with Gasteiger partial charge in [-0.15, -0.1) is 0 Å². The van der Waals surface area contributed by atoms with Crippen LogP contribution in [0.3, 0.4) is 0 Å². The molecule has 0 bridgehead atoms. The second-order valence-electron chi connectivity index (χ2n) is 3.99. The van der Waals surface area contributed by atoms with E-state index in [2.05, 4.69) is 0 Å². The molecule has 1 saturated carbocycles. The summed E-state index contributed by atoms with van der Waals surface area (Å²) in [5, 5.41) is 16.9. The molecule has 0 spiro atoms. The summed E-state index contributed by atoms with van der Waals surface area (Å²) in [6.45, 7) is 0. The van der Waals surface area contributed by atoms with Gasteiger partial charge in [-0.3, -0.25) is 9.59 Å². The Kier molecular flexibility index (Phi) is 3.92. The Hall–Kier alpha value is -1.06. The summed E-state index contributed by atoms with van der Waals surface area (Å²) < 4.78 is 0. The molecule has 2 N–H and O–H groups in total. The van der Waals surface area contributed by atoms with Crippen LogP contribution in [0.4, 0.5) is 0 Å². The van der Waals surface area contributed by atoms with E-state index in [1.54, 1.807) is 0 Å². The van der Waals surface area contributed by atoms with Gasteiger partial charge in [0, 0.05) is 12.8 Å². The predicted octanol–water partition coefficient (Wildman–Crippen LogP) is 1.74. The molecule has 0 aromatic carbocycles. The van der Waals surface area contributed by atoms with Crippen molar-refractivity contribution in [2.75, 3.05) is 0 Å². The lowest BCUT2D eigenvalue weighted by atomic mass is 10.1. The van der Waals surface area contributed by atoms with Gasteiger partial charge in [0.05, 0.1) is 0 Å². The molecule has 2 atom stereocenters. The third-order valence-electron chi connectivity index (χ3n) is 2.72. The second-order valence-corrected chi connectivity index (χ2v) is 3.99. The lowest BCUT2D eigenvalue weighted by Gasteiger charge is -1.97. The van der Waals surface area contributed by atoms with Crippen LogP contribution in [0.15, 0.2) is 0 Å². The zero-order valence-corrected chi connectivity index (χ0v) is 8.11. The molecular weight excluding hydrogens is 184 g/mol. The van der Waals surface area contributed by atoms with Gasteiger partial charge in [-0.2, -0.15) is 0 Å². The topological polar surface area (TPSA) is 74.6 Å². The van der Waals surface area contributed by atoms with Crippen LogP contribution in [0.1, 0.15) is 38.5 Å². The van der Waals surface area contributed by atoms with Crippen LogP contribution >= 0.6 is 0 Å². The highest BCUT2D eigenvalue weighted by Crippen LogP contribution is 2.44. The summed E-state index contributed by atoms with van der Waals surface area (Å²) in [5.74, 6) is -0.567. The summed E-state index contributed by atoms with van der Waals surface area (Å²) in [5.41, 5.74) is 0. The standard InChI is InChI=1S/C10H16O4/c11-9(12)4-2-1-3-7-5-8(7)6-10(13)14/h7-8H,1-6H2,(H,11,12)(H,13,14)/t7-,8-/m1/s1. The van der Waals surface area contributed by atoms with Crippen molar-refractivity contribution < 1.29 is 19.8 Å². The van der Waals surface area contributed by atoms with Gasteiger partial charge in [-0.25, -0.2) is 0 Å². The molecule has 0 aromatic rings. The Morgan fingerprint density at radius 2 is 1.79 bits per heavy atom. The molecular formula is C10H16O4. The molecule has 1 aliphatic carbocycles. The van der Waals surface area contributed by atoms with Gasteiger partial charge in [-0.05, 0) is 24.7 Å². The zero-order valence-electron chi connectivity index (χ0n) is 8.11. The molecule has 4 heteroatoms. The fourth-order valence-corrected chi connectivity index (χ4v) is 1.82. The third-order valence-corrected chi connectivity index (χ3v) is 2.72. The first kappa shape index (κ1) is 11.0. The zero-order chi connectivity index (χ0) is 10.6. The number of hydrogen-bond donors (Lipinski definition) is 2. The fraction of sp³-hybridized carbons (Fsp3) is 0.800. The SMILES string of the molecule is O=C(O)CCCC[C@@H]1C[C@@H]1CC(=O)O. The van der Waals surface area contributed by atoms with Crippen LogP contribution in [-0.2, 0) is 9.59 Å². The molecule has 4 nitrogen and oxygen atoms in total. The largest absolute Gasteiger partial charge is 0.481 e. The number of carboxylic acid groups (broad SMARTS) is 2. The van der Waals surface area contributed by atoms with E-state index in [1.807, 2.05) is 0 Å². The fourth-order valence-electron chi connectivity index (χ4n) is 1.82. The predicted molar refractivity (Wildman–Crippen MR) is 50.0 cm³/mol. The molecule has 1 aliphatic rings. The van der Waals surface area contributed by atoms with Crippen molar-refractivity contribution in [3.63, 3.8) is 0 Å². The smallest absolute Gasteiger partial charge is 0.303 e. The van der Waals surface area contributed by atoms with Crippen molar-refractivity contribution in [3.8, 4) is 0 Å². The van der Waals surface area contributed by atoms with Crippen LogP contribution in [0.5, 0.6) is 0 Å². The van der Waals surface area contributed by atoms with Crippen molar-refractivity contribution in [1.29, 1.82) is 0 Å². The summed E-state index contributed by atoms with van der Waals surface area (Å²) in [4.78, 5) is 20.5. The minimum absolute atomic E-state index is 0.232. The van der Waals surface area contributed by atoms with Crippen LogP contribution in [0.25, 0.3) is 0 Å². The normalized spacial score (nSPS) is 24.6. The van der Waals surface area contributed by atoms with E-state index < -0.39 is 11.9 Å². The number of carboxylic acids is 2. The van der Waals surface area contributed by atoms with Crippen molar-refractivity contribution in [3.05, 3.63) is 0 Å². The molecule has 0 aliphatic heterocycles. The number of hydrogen-bond acceptors (Lipinski definition) is 2. The Balaban J connectivity index is 1.95. The van der Waals surface area contributed by atoms with Gasteiger partial charge in [0.25, 0.3) is 0 Å². The molecule has 1 fully saturated rings. The third kappa shape index (κ3) is 4.25. The number of unbranched alkanes of at least 4 members (excludes halogenated alkanes) is 1. The summed E-state index contributed by atoms with van der Waals surface area (Å²) in [6, 6.07) is 0. The average Bonchev–Trinajstić information content (AvgIpc) is 2.76. The second kappa shape index (κ2) is 4.98. The molecule has 0 unspecified atom stereocenters. The van der Waals surface area contributed by atoms with Gasteiger partial charge >= 0.3 is 11.9 Å². The minimum Gasteiger partial charge on any atom is -0.481 e. The molecule has 1 rings (SSSR count). The van der Waals surface area contributed by atoms with Crippen molar-refractivity contribution >= 4 is 11.9 Å². The minimum atomic E-state index is -0.747. The van der Waals surface area contributed by atoms with Gasteiger partial charge in [0.1, 0.15) is 0 Å². The average molecular weight is 200 g/mol. The van der Waals surface area contributed by atoms with E-state index in [-0.39, 0.29) is 12.8 Å². The molecule has 0 radical (unpaired) electrons. The van der Waals surface area contributed by atoms with Crippen LogP contribution in [0.2, 0.25) is 0 Å². The van der Waals surface area contributed by atoms with Crippen molar-refractivity contribution in [1.82, 2.24) is 0 Å². The first-order valence-corrected chi connectivity index (χ1v) is 5.03.